The first-order chi connectivity index (χ1) is 14.7. The Kier molecular flexibility index (Phi) is 6.68. The summed E-state index contributed by atoms with van der Waals surface area (Å²) in [7, 11) is 1.29. The van der Waals surface area contributed by atoms with Gasteiger partial charge in [-0.2, -0.15) is 0 Å². The number of dihydropyridines is 1. The van der Waals surface area contributed by atoms with Gasteiger partial charge in [0.15, 0.2) is 5.78 Å². The van der Waals surface area contributed by atoms with E-state index in [2.05, 4.69) is 5.32 Å². The summed E-state index contributed by atoms with van der Waals surface area (Å²) in [4.78, 5) is 39.2. The van der Waals surface area contributed by atoms with Crippen molar-refractivity contribution in [1.82, 2.24) is 5.32 Å². The molecule has 0 bridgehead atoms. The second-order valence-corrected chi connectivity index (χ2v) is 8.57. The van der Waals surface area contributed by atoms with Gasteiger partial charge in [-0.3, -0.25) is 9.59 Å². The Labute approximate surface area is 183 Å². The highest BCUT2D eigenvalue weighted by atomic mass is 16.5. The van der Waals surface area contributed by atoms with Crippen molar-refractivity contribution in [3.8, 4) is 0 Å². The number of nitrogens with one attached hydrogen (secondary N) is 1. The van der Waals surface area contributed by atoms with Crippen LogP contribution in [0.25, 0.3) is 0 Å². The van der Waals surface area contributed by atoms with Crippen molar-refractivity contribution in [2.24, 2.45) is 11.8 Å². The van der Waals surface area contributed by atoms with Gasteiger partial charge in [-0.1, -0.05) is 43.7 Å². The average molecular weight is 426 g/mol. The molecular formula is C25H31NO5. The zero-order chi connectivity index (χ0) is 22.9. The molecule has 0 spiro atoms. The monoisotopic (exact) mass is 425 g/mol. The number of hydrogen-bond acceptors (Lipinski definition) is 6. The van der Waals surface area contributed by atoms with Gasteiger partial charge >= 0.3 is 11.9 Å². The lowest BCUT2D eigenvalue weighted by Gasteiger charge is -2.38. The number of methoxy groups -OCH3 is 1. The topological polar surface area (TPSA) is 81.7 Å². The molecule has 1 heterocycles. The zero-order valence-electron chi connectivity index (χ0n) is 19.1. The fourth-order valence-corrected chi connectivity index (χ4v) is 4.37. The predicted molar refractivity (Wildman–Crippen MR) is 117 cm³/mol. The lowest BCUT2D eigenvalue weighted by Crippen LogP contribution is -2.43. The van der Waals surface area contributed by atoms with Crippen LogP contribution in [0.4, 0.5) is 0 Å². The highest BCUT2D eigenvalue weighted by Gasteiger charge is 2.47. The first-order valence-electron chi connectivity index (χ1n) is 10.8. The third-order valence-corrected chi connectivity index (χ3v) is 6.26. The lowest BCUT2D eigenvalue weighted by molar-refractivity contribution is -0.151. The van der Waals surface area contributed by atoms with Gasteiger partial charge in [0.05, 0.1) is 18.8 Å². The number of carbonyl (C=O) groups excluding carboxylic acids is 3. The van der Waals surface area contributed by atoms with Gasteiger partial charge < -0.3 is 14.8 Å². The molecule has 0 saturated carbocycles. The van der Waals surface area contributed by atoms with Crippen molar-refractivity contribution in [2.75, 3.05) is 7.11 Å². The van der Waals surface area contributed by atoms with Gasteiger partial charge in [0.1, 0.15) is 5.92 Å². The van der Waals surface area contributed by atoms with E-state index in [4.69, 9.17) is 9.47 Å². The number of allylic oxidation sites excluding steroid dienone is 3. The predicted octanol–water partition coefficient (Wildman–Crippen LogP) is 3.95. The quantitative estimate of drug-likeness (QED) is 0.568. The van der Waals surface area contributed by atoms with E-state index in [9.17, 15) is 14.4 Å². The molecule has 2 aliphatic rings. The molecule has 0 unspecified atom stereocenters. The number of ketones is 1. The fraction of sp³-hybridized carbons (Fsp3) is 0.480. The van der Waals surface area contributed by atoms with Crippen molar-refractivity contribution in [3.05, 3.63) is 57.9 Å². The van der Waals surface area contributed by atoms with Crippen LogP contribution in [-0.2, 0) is 23.9 Å². The Morgan fingerprint density at radius 3 is 2.42 bits per heavy atom. The molecule has 31 heavy (non-hydrogen) atoms. The lowest BCUT2D eigenvalue weighted by atomic mass is 9.69. The molecule has 1 aliphatic carbocycles. The van der Waals surface area contributed by atoms with E-state index in [0.717, 1.165) is 16.8 Å². The molecule has 0 amide bonds. The molecule has 4 atom stereocenters. The van der Waals surface area contributed by atoms with Gasteiger partial charge in [-0.15, -0.1) is 0 Å². The van der Waals surface area contributed by atoms with E-state index in [-0.39, 0.29) is 17.8 Å². The maximum atomic E-state index is 13.6. The number of Topliss-reactive ketones (excluding diaryl/α,β-unsaturated/α-hetero) is 1. The van der Waals surface area contributed by atoms with Crippen LogP contribution in [0.2, 0.25) is 0 Å². The average Bonchev–Trinajstić information content (AvgIpc) is 2.72. The SMILES string of the molecule is CC[C@H](C)OC(=O)C1=C(C)NC2=C(C(=O)[C@H](C(=O)OC)[C@H](C)C2)[C@H]1c1ccc(C)cc1. The fourth-order valence-electron chi connectivity index (χ4n) is 4.37. The highest BCUT2D eigenvalue weighted by Crippen LogP contribution is 2.45. The summed E-state index contributed by atoms with van der Waals surface area (Å²) in [5.74, 6) is -2.96. The largest absolute Gasteiger partial charge is 0.468 e. The molecule has 0 saturated heterocycles. The second-order valence-electron chi connectivity index (χ2n) is 8.57. The summed E-state index contributed by atoms with van der Waals surface area (Å²) >= 11 is 0. The van der Waals surface area contributed by atoms with E-state index in [1.54, 1.807) is 0 Å². The maximum Gasteiger partial charge on any atom is 0.337 e. The summed E-state index contributed by atoms with van der Waals surface area (Å²) in [6.07, 6.45) is 0.968. The van der Waals surface area contributed by atoms with Crippen LogP contribution in [-0.4, -0.2) is 30.9 Å². The van der Waals surface area contributed by atoms with Crippen LogP contribution in [0.3, 0.4) is 0 Å². The van der Waals surface area contributed by atoms with E-state index in [1.165, 1.54) is 7.11 Å². The van der Waals surface area contributed by atoms with Crippen molar-refractivity contribution < 1.29 is 23.9 Å². The Morgan fingerprint density at radius 2 is 1.84 bits per heavy atom. The normalized spacial score (nSPS) is 24.3. The first-order valence-corrected chi connectivity index (χ1v) is 10.8. The van der Waals surface area contributed by atoms with Gasteiger partial charge in [0.25, 0.3) is 0 Å². The van der Waals surface area contributed by atoms with Crippen LogP contribution >= 0.6 is 0 Å². The number of carbonyl (C=O) groups is 3. The number of ether oxygens (including phenoxy) is 2. The first kappa shape index (κ1) is 22.8. The molecule has 3 rings (SSSR count). The van der Waals surface area contributed by atoms with Gasteiger partial charge in [0, 0.05) is 22.9 Å². The Hall–Kier alpha value is -2.89. The van der Waals surface area contributed by atoms with Gasteiger partial charge in [0.2, 0.25) is 0 Å². The van der Waals surface area contributed by atoms with Crippen LogP contribution in [0, 0.1) is 18.8 Å². The number of esters is 2. The van der Waals surface area contributed by atoms with Crippen molar-refractivity contribution in [3.63, 3.8) is 0 Å². The van der Waals surface area contributed by atoms with E-state index < -0.39 is 23.8 Å². The van der Waals surface area contributed by atoms with E-state index in [1.807, 2.05) is 58.9 Å². The number of hydrogen-bond donors (Lipinski definition) is 1. The van der Waals surface area contributed by atoms with Crippen LogP contribution in [0.15, 0.2) is 46.8 Å². The molecule has 6 nitrogen and oxygen atoms in total. The Bertz CT molecular complexity index is 957. The molecule has 1 aromatic rings. The summed E-state index contributed by atoms with van der Waals surface area (Å²) in [5.41, 5.74) is 4.21. The van der Waals surface area contributed by atoms with E-state index in [0.29, 0.717) is 29.7 Å². The molecule has 0 aromatic heterocycles. The Balaban J connectivity index is 2.15. The number of rotatable bonds is 5. The minimum absolute atomic E-state index is 0.203. The van der Waals surface area contributed by atoms with Crippen LogP contribution in [0.1, 0.15) is 57.6 Å². The molecule has 0 radical (unpaired) electrons. The minimum atomic E-state index is -0.885. The molecule has 1 N–H and O–H groups in total. The molecule has 1 aromatic carbocycles. The van der Waals surface area contributed by atoms with Crippen LogP contribution in [0.5, 0.6) is 0 Å². The molecular weight excluding hydrogens is 394 g/mol. The van der Waals surface area contributed by atoms with Gasteiger partial charge in [-0.25, -0.2) is 4.79 Å². The molecule has 1 aliphatic heterocycles. The summed E-state index contributed by atoms with van der Waals surface area (Å²) < 4.78 is 10.6. The molecule has 6 heteroatoms. The summed E-state index contributed by atoms with van der Waals surface area (Å²) in [6.45, 7) is 9.48. The second kappa shape index (κ2) is 9.08. The molecule has 166 valence electrons. The standard InChI is InChI=1S/C25H31NO5/c1-7-15(4)31-25(29)20-16(5)26-18-12-14(3)19(24(28)30-6)23(27)22(18)21(20)17-10-8-13(2)9-11-17/h8-11,14-15,19,21,26H,7,12H2,1-6H3/t14-,15+,19-,21+/m1/s1. The number of benzene rings is 1. The molecule has 0 fully saturated rings. The maximum absolute atomic E-state index is 13.6. The third-order valence-electron chi connectivity index (χ3n) is 6.26. The summed E-state index contributed by atoms with van der Waals surface area (Å²) in [6, 6.07) is 7.77. The van der Waals surface area contributed by atoms with Crippen molar-refractivity contribution in [2.45, 2.75) is 59.5 Å². The van der Waals surface area contributed by atoms with E-state index >= 15 is 0 Å². The number of aryl methyl sites for hydroxylation is 1. The summed E-state index contributed by atoms with van der Waals surface area (Å²) in [5, 5.41) is 3.28. The minimum Gasteiger partial charge on any atom is -0.468 e. The Morgan fingerprint density at radius 1 is 1.19 bits per heavy atom. The van der Waals surface area contributed by atoms with Crippen LogP contribution < -0.4 is 5.32 Å². The third kappa shape index (κ3) is 4.29. The van der Waals surface area contributed by atoms with Crippen molar-refractivity contribution >= 4 is 17.7 Å². The smallest absolute Gasteiger partial charge is 0.337 e. The van der Waals surface area contributed by atoms with Gasteiger partial charge in [-0.05, 0) is 45.1 Å². The highest BCUT2D eigenvalue weighted by molar-refractivity contribution is 6.12. The van der Waals surface area contributed by atoms with Crippen molar-refractivity contribution in [1.29, 1.82) is 0 Å². The zero-order valence-corrected chi connectivity index (χ0v) is 19.1.